The largest absolute Gasteiger partial charge is 0.340 e. The Balaban J connectivity index is 3.12. The van der Waals surface area contributed by atoms with E-state index in [0.29, 0.717) is 0 Å². The van der Waals surface area contributed by atoms with Gasteiger partial charge in [-0.2, -0.15) is 0 Å². The summed E-state index contributed by atoms with van der Waals surface area (Å²) in [4.78, 5) is 0. The fraction of sp³-hybridized carbons (Fsp3) is 1.00. The molecule has 3 N–H and O–H groups in total. The standard InChI is InChI=1S/C17H36IO3P/c1-2-3-4-5-6-7-8-9-10-11-12-13-14-15-16-22(18)17(19,20)21/h19-21H,2-16H2,1H3. The molecule has 3 nitrogen and oxygen atoms in total. The first-order chi connectivity index (χ1) is 10.5. The van der Waals surface area contributed by atoms with Crippen LogP contribution in [-0.4, -0.2) is 27.2 Å². The molecule has 0 fully saturated rings. The minimum atomic E-state index is -2.45. The van der Waals surface area contributed by atoms with Crippen molar-refractivity contribution in [3.05, 3.63) is 0 Å². The molecule has 5 heteroatoms. The Bertz CT molecular complexity index is 234. The number of hydrogen-bond donors (Lipinski definition) is 3. The highest BCUT2D eigenvalue weighted by atomic mass is 127. The van der Waals surface area contributed by atoms with Crippen molar-refractivity contribution in [3.8, 4) is 0 Å². The molecule has 0 aromatic carbocycles. The predicted octanol–water partition coefficient (Wildman–Crippen LogP) is 5.89. The summed E-state index contributed by atoms with van der Waals surface area (Å²) in [6.07, 6.45) is 19.2. The summed E-state index contributed by atoms with van der Waals surface area (Å²) < 4.78 is 0. The Labute approximate surface area is 151 Å². The third-order valence-electron chi connectivity index (χ3n) is 4.03. The molecule has 0 rings (SSSR count). The maximum atomic E-state index is 9.02. The van der Waals surface area contributed by atoms with Crippen LogP contribution in [-0.2, 0) is 0 Å². The minimum Gasteiger partial charge on any atom is -0.340 e. The van der Waals surface area contributed by atoms with E-state index in [1.54, 1.807) is 0 Å². The number of unbranched alkanes of at least 4 members (excludes halogenated alkanes) is 13. The summed E-state index contributed by atoms with van der Waals surface area (Å²) in [5.41, 5.74) is -3.58. The molecule has 0 amide bonds. The number of hydrogen-bond acceptors (Lipinski definition) is 3. The highest BCUT2D eigenvalue weighted by molar-refractivity contribution is 14.2. The van der Waals surface area contributed by atoms with Gasteiger partial charge in [-0.25, -0.2) is 0 Å². The molecule has 0 aliphatic carbocycles. The highest BCUT2D eigenvalue weighted by Crippen LogP contribution is 2.53. The third kappa shape index (κ3) is 15.9. The molecule has 22 heavy (non-hydrogen) atoms. The van der Waals surface area contributed by atoms with Gasteiger partial charge in [0, 0.05) is 0 Å². The molecule has 0 spiro atoms. The summed E-state index contributed by atoms with van der Waals surface area (Å²) in [5.74, 6) is 0. The second kappa shape index (κ2) is 15.6. The Morgan fingerprint density at radius 3 is 1.27 bits per heavy atom. The van der Waals surface area contributed by atoms with Gasteiger partial charge in [-0.15, -0.1) is 0 Å². The van der Waals surface area contributed by atoms with Gasteiger partial charge in [0.1, 0.15) is 0 Å². The van der Waals surface area contributed by atoms with Crippen LogP contribution in [0.3, 0.4) is 0 Å². The van der Waals surface area contributed by atoms with Crippen LogP contribution in [0.5, 0.6) is 0 Å². The van der Waals surface area contributed by atoms with Crippen LogP contribution >= 0.6 is 27.6 Å². The Kier molecular flexibility index (Phi) is 16.3. The lowest BCUT2D eigenvalue weighted by Crippen LogP contribution is -2.23. The van der Waals surface area contributed by atoms with Crippen molar-refractivity contribution >= 4 is 27.6 Å². The fourth-order valence-electron chi connectivity index (χ4n) is 2.60. The fourth-order valence-corrected chi connectivity index (χ4v) is 4.42. The highest BCUT2D eigenvalue weighted by Gasteiger charge is 2.28. The van der Waals surface area contributed by atoms with Crippen LogP contribution in [0, 0.1) is 0 Å². The van der Waals surface area contributed by atoms with E-state index < -0.39 is 11.3 Å². The van der Waals surface area contributed by atoms with E-state index in [1.165, 1.54) is 77.0 Å². The van der Waals surface area contributed by atoms with Gasteiger partial charge < -0.3 is 15.3 Å². The molecule has 134 valence electrons. The average Bonchev–Trinajstić information content (AvgIpc) is 2.46. The molecule has 1 unspecified atom stereocenters. The summed E-state index contributed by atoms with van der Waals surface area (Å²) in [6.45, 7) is 2.26. The summed E-state index contributed by atoms with van der Waals surface area (Å²) in [7, 11) is 0. The first-order valence-electron chi connectivity index (χ1n) is 9.09. The quantitative estimate of drug-likeness (QED) is 0.120. The van der Waals surface area contributed by atoms with E-state index in [9.17, 15) is 0 Å². The smallest absolute Gasteiger partial charge is 0.303 e. The predicted molar refractivity (Wildman–Crippen MR) is 106 cm³/mol. The number of halogens is 1. The van der Waals surface area contributed by atoms with Crippen molar-refractivity contribution in [2.75, 3.05) is 6.16 Å². The Morgan fingerprint density at radius 1 is 0.636 bits per heavy atom. The van der Waals surface area contributed by atoms with E-state index in [0.717, 1.165) is 19.0 Å². The Morgan fingerprint density at radius 2 is 0.955 bits per heavy atom. The zero-order valence-corrected chi connectivity index (χ0v) is 17.3. The molecule has 1 atom stereocenters. The lowest BCUT2D eigenvalue weighted by Gasteiger charge is -2.20. The van der Waals surface area contributed by atoms with Crippen LogP contribution in [0.4, 0.5) is 0 Å². The van der Waals surface area contributed by atoms with Gasteiger partial charge in [-0.05, 0) is 34.6 Å². The van der Waals surface area contributed by atoms with Crippen LogP contribution in [0.15, 0.2) is 0 Å². The maximum Gasteiger partial charge on any atom is 0.303 e. The lowest BCUT2D eigenvalue weighted by molar-refractivity contribution is -0.238. The topological polar surface area (TPSA) is 60.7 Å². The molecule has 0 aromatic heterocycles. The van der Waals surface area contributed by atoms with Gasteiger partial charge in [-0.3, -0.25) is 0 Å². The molecule has 0 saturated carbocycles. The first kappa shape index (κ1) is 23.0. The van der Waals surface area contributed by atoms with Gasteiger partial charge >= 0.3 is 5.71 Å². The van der Waals surface area contributed by atoms with E-state index in [2.05, 4.69) is 6.92 Å². The maximum absolute atomic E-state index is 9.02. The van der Waals surface area contributed by atoms with E-state index in [4.69, 9.17) is 15.3 Å². The van der Waals surface area contributed by atoms with Gasteiger partial charge in [0.2, 0.25) is 0 Å². The molecule has 0 aliphatic rings. The third-order valence-corrected chi connectivity index (χ3v) is 8.78. The van der Waals surface area contributed by atoms with E-state index >= 15 is 0 Å². The lowest BCUT2D eigenvalue weighted by atomic mass is 10.0. The molecule has 0 radical (unpaired) electrons. The van der Waals surface area contributed by atoms with Crippen LogP contribution in [0.25, 0.3) is 0 Å². The monoisotopic (exact) mass is 446 g/mol. The van der Waals surface area contributed by atoms with Crippen LogP contribution in [0.2, 0.25) is 0 Å². The van der Waals surface area contributed by atoms with Gasteiger partial charge in [0.25, 0.3) is 0 Å². The molecular weight excluding hydrogens is 410 g/mol. The van der Waals surface area contributed by atoms with Crippen LogP contribution < -0.4 is 0 Å². The van der Waals surface area contributed by atoms with E-state index in [-0.39, 0.29) is 0 Å². The van der Waals surface area contributed by atoms with Gasteiger partial charge in [0.05, 0.1) is 5.56 Å². The summed E-state index contributed by atoms with van der Waals surface area (Å²) >= 11 is 1.96. The first-order valence-corrected chi connectivity index (χ1v) is 13.4. The van der Waals surface area contributed by atoms with Crippen molar-refractivity contribution in [1.82, 2.24) is 0 Å². The molecule has 0 heterocycles. The molecule has 0 bridgehead atoms. The van der Waals surface area contributed by atoms with Crippen molar-refractivity contribution in [3.63, 3.8) is 0 Å². The number of rotatable bonds is 16. The normalized spacial score (nSPS) is 13.5. The Hall–Kier alpha value is 1.04. The molecular formula is C17H36IO3P. The average molecular weight is 446 g/mol. The second-order valence-corrected chi connectivity index (χ2v) is 11.5. The SMILES string of the molecule is CCCCCCCCCCCCCCCCP(I)C(O)(O)O. The summed E-state index contributed by atoms with van der Waals surface area (Å²) in [5, 5.41) is 27.1. The molecule has 0 saturated heterocycles. The zero-order chi connectivity index (χ0) is 16.7. The summed E-state index contributed by atoms with van der Waals surface area (Å²) in [6, 6.07) is 0. The van der Waals surface area contributed by atoms with Crippen LogP contribution in [0.1, 0.15) is 96.8 Å². The molecule has 0 aliphatic heterocycles. The minimum absolute atomic E-state index is 0.720. The number of aliphatic hydroxyl groups is 3. The van der Waals surface area contributed by atoms with Crippen molar-refractivity contribution < 1.29 is 15.3 Å². The van der Waals surface area contributed by atoms with Crippen molar-refractivity contribution in [1.29, 1.82) is 0 Å². The van der Waals surface area contributed by atoms with Crippen molar-refractivity contribution in [2.24, 2.45) is 0 Å². The van der Waals surface area contributed by atoms with Crippen molar-refractivity contribution in [2.45, 2.75) is 103 Å². The van der Waals surface area contributed by atoms with Gasteiger partial charge in [-0.1, -0.05) is 90.4 Å². The second-order valence-electron chi connectivity index (χ2n) is 6.28. The molecule has 0 aromatic rings. The zero-order valence-electron chi connectivity index (χ0n) is 14.3. The van der Waals surface area contributed by atoms with Gasteiger partial charge in [0.15, 0.2) is 0 Å². The van der Waals surface area contributed by atoms with E-state index in [1.807, 2.05) is 22.0 Å².